The molecule has 1 fully saturated rings. The van der Waals surface area contributed by atoms with Crippen LogP contribution < -0.4 is 5.73 Å². The monoisotopic (exact) mass is 278 g/mol. The van der Waals surface area contributed by atoms with Gasteiger partial charge in [-0.15, -0.1) is 0 Å². The molecule has 0 aromatic heterocycles. The lowest BCUT2D eigenvalue weighted by atomic mass is 10.2. The summed E-state index contributed by atoms with van der Waals surface area (Å²) < 4.78 is 6.24. The summed E-state index contributed by atoms with van der Waals surface area (Å²) in [6.07, 6.45) is 2.54. The molecule has 0 aromatic rings. The Balaban J connectivity index is 2.22. The Morgan fingerprint density at radius 1 is 1.76 bits per heavy atom. The first-order valence-electron chi connectivity index (χ1n) is 5.52. The van der Waals surface area contributed by atoms with Gasteiger partial charge in [0.25, 0.3) is 0 Å². The summed E-state index contributed by atoms with van der Waals surface area (Å²) in [6.45, 7) is 0.784. The Kier molecular flexibility index (Phi) is 6.18. The molecular formula is C10H18N2O3S2. The van der Waals surface area contributed by atoms with Crippen LogP contribution in [0.15, 0.2) is 0 Å². The van der Waals surface area contributed by atoms with E-state index < -0.39 is 12.0 Å². The third kappa shape index (κ3) is 4.79. The number of nitrogens with two attached hydrogens (primary N) is 1. The van der Waals surface area contributed by atoms with Gasteiger partial charge < -0.3 is 20.5 Å². The van der Waals surface area contributed by atoms with Gasteiger partial charge in [-0.25, -0.2) is 0 Å². The summed E-state index contributed by atoms with van der Waals surface area (Å²) in [5.74, 6) is -0.354. The van der Waals surface area contributed by atoms with Gasteiger partial charge in [-0.1, -0.05) is 24.0 Å². The second-order valence-electron chi connectivity index (χ2n) is 3.93. The van der Waals surface area contributed by atoms with Crippen molar-refractivity contribution in [2.75, 3.05) is 19.4 Å². The average molecular weight is 278 g/mol. The molecule has 17 heavy (non-hydrogen) atoms. The topological polar surface area (TPSA) is 75.8 Å². The summed E-state index contributed by atoms with van der Waals surface area (Å²) in [4.78, 5) is 12.5. The highest BCUT2D eigenvalue weighted by Gasteiger charge is 2.22. The fourth-order valence-corrected chi connectivity index (χ4v) is 2.72. The van der Waals surface area contributed by atoms with Crippen LogP contribution in [-0.2, 0) is 9.53 Å². The molecule has 0 spiro atoms. The van der Waals surface area contributed by atoms with Gasteiger partial charge in [-0.3, -0.25) is 4.79 Å². The number of thiocarbonyl (C=S) groups is 1. The van der Waals surface area contributed by atoms with E-state index in [0.29, 0.717) is 12.2 Å². The summed E-state index contributed by atoms with van der Waals surface area (Å²) >= 11 is 6.70. The van der Waals surface area contributed by atoms with E-state index in [2.05, 4.69) is 0 Å². The molecule has 3 N–H and O–H groups in total. The number of carboxylic acids is 1. The van der Waals surface area contributed by atoms with Crippen LogP contribution >= 0.6 is 24.0 Å². The Bertz CT molecular complexity index is 283. The Morgan fingerprint density at radius 2 is 2.47 bits per heavy atom. The van der Waals surface area contributed by atoms with E-state index in [9.17, 15) is 4.79 Å². The molecule has 5 nitrogen and oxygen atoms in total. The fraction of sp³-hybridized carbons (Fsp3) is 0.800. The van der Waals surface area contributed by atoms with E-state index in [4.69, 9.17) is 27.8 Å². The van der Waals surface area contributed by atoms with E-state index >= 15 is 0 Å². The molecule has 0 amide bonds. The first-order valence-corrected chi connectivity index (χ1v) is 6.91. The first kappa shape index (κ1) is 14.7. The van der Waals surface area contributed by atoms with Crippen LogP contribution in [0.5, 0.6) is 0 Å². The van der Waals surface area contributed by atoms with Crippen LogP contribution in [0.4, 0.5) is 0 Å². The summed E-state index contributed by atoms with van der Waals surface area (Å²) in [5.41, 5.74) is 5.41. The molecule has 0 saturated carbocycles. The number of rotatable bonds is 5. The third-order valence-corrected chi connectivity index (χ3v) is 4.21. The maximum atomic E-state index is 10.5. The van der Waals surface area contributed by atoms with E-state index in [0.717, 1.165) is 23.8 Å². The lowest BCUT2D eigenvalue weighted by Crippen LogP contribution is -2.34. The van der Waals surface area contributed by atoms with Gasteiger partial charge in [0, 0.05) is 19.4 Å². The molecule has 1 saturated heterocycles. The molecule has 0 radical (unpaired) electrons. The highest BCUT2D eigenvalue weighted by atomic mass is 32.2. The molecule has 1 aliphatic rings. The quantitative estimate of drug-likeness (QED) is 0.723. The second kappa shape index (κ2) is 7.15. The van der Waals surface area contributed by atoms with Crippen molar-refractivity contribution in [1.29, 1.82) is 0 Å². The first-order chi connectivity index (χ1) is 8.02. The van der Waals surface area contributed by atoms with Gasteiger partial charge >= 0.3 is 5.97 Å². The van der Waals surface area contributed by atoms with Gasteiger partial charge in [-0.2, -0.15) is 0 Å². The number of carbonyl (C=O) groups is 1. The molecule has 2 atom stereocenters. The van der Waals surface area contributed by atoms with Crippen LogP contribution in [0.25, 0.3) is 0 Å². The number of hydrogen-bond donors (Lipinski definition) is 2. The van der Waals surface area contributed by atoms with Gasteiger partial charge in [0.15, 0.2) is 0 Å². The van der Waals surface area contributed by atoms with Crippen LogP contribution in [0.2, 0.25) is 0 Å². The van der Waals surface area contributed by atoms with Crippen molar-refractivity contribution >= 4 is 34.3 Å². The zero-order chi connectivity index (χ0) is 12.8. The van der Waals surface area contributed by atoms with Crippen molar-refractivity contribution in [3.63, 3.8) is 0 Å². The van der Waals surface area contributed by atoms with E-state index in [1.54, 1.807) is 0 Å². The van der Waals surface area contributed by atoms with Crippen LogP contribution in [0.3, 0.4) is 0 Å². The average Bonchev–Trinajstić information content (AvgIpc) is 2.80. The van der Waals surface area contributed by atoms with E-state index in [1.807, 2.05) is 11.9 Å². The molecule has 1 rings (SSSR count). The zero-order valence-electron chi connectivity index (χ0n) is 9.80. The van der Waals surface area contributed by atoms with Crippen molar-refractivity contribution in [2.45, 2.75) is 31.5 Å². The standard InChI is InChI=1S/C10H18N2O3S2/c1-12(8-3-2-5-15-8)10(16)17-6-4-7(11)9(13)14/h7-8H,2-6,11H2,1H3,(H,13,14). The van der Waals surface area contributed by atoms with Crippen molar-refractivity contribution < 1.29 is 14.6 Å². The molecule has 1 heterocycles. The minimum Gasteiger partial charge on any atom is -0.480 e. The molecule has 7 heteroatoms. The summed E-state index contributed by atoms with van der Waals surface area (Å²) in [5, 5.41) is 8.63. The molecular weight excluding hydrogens is 260 g/mol. The van der Waals surface area contributed by atoms with E-state index in [-0.39, 0.29) is 6.23 Å². The Hall–Kier alpha value is -0.370. The third-order valence-electron chi connectivity index (χ3n) is 2.60. The fourth-order valence-electron chi connectivity index (χ4n) is 1.48. The Labute approximate surface area is 111 Å². The zero-order valence-corrected chi connectivity index (χ0v) is 11.4. The maximum Gasteiger partial charge on any atom is 0.320 e. The lowest BCUT2D eigenvalue weighted by molar-refractivity contribution is -0.138. The van der Waals surface area contributed by atoms with Gasteiger partial charge in [0.1, 0.15) is 16.6 Å². The van der Waals surface area contributed by atoms with Gasteiger partial charge in [0.2, 0.25) is 0 Å². The normalized spacial score (nSPS) is 21.2. The summed E-state index contributed by atoms with van der Waals surface area (Å²) in [7, 11) is 1.91. The predicted octanol–water partition coefficient (Wildman–Crippen LogP) is 0.875. The number of ether oxygens (including phenoxy) is 1. The lowest BCUT2D eigenvalue weighted by Gasteiger charge is -2.25. The van der Waals surface area contributed by atoms with Crippen molar-refractivity contribution in [3.05, 3.63) is 0 Å². The van der Waals surface area contributed by atoms with Gasteiger partial charge in [0.05, 0.1) is 0 Å². The van der Waals surface area contributed by atoms with Crippen LogP contribution in [-0.4, -0.2) is 52.0 Å². The van der Waals surface area contributed by atoms with Gasteiger partial charge in [-0.05, 0) is 19.3 Å². The SMILES string of the molecule is CN(C(=S)SCCC(N)C(=O)O)C1CCCO1. The Morgan fingerprint density at radius 3 is 3.00 bits per heavy atom. The van der Waals surface area contributed by atoms with Crippen molar-refractivity contribution in [3.8, 4) is 0 Å². The smallest absolute Gasteiger partial charge is 0.320 e. The van der Waals surface area contributed by atoms with Crippen molar-refractivity contribution in [1.82, 2.24) is 4.90 Å². The summed E-state index contributed by atoms with van der Waals surface area (Å²) in [6, 6.07) is -0.807. The largest absolute Gasteiger partial charge is 0.480 e. The number of aliphatic carboxylic acids is 1. The second-order valence-corrected chi connectivity index (χ2v) is 5.66. The maximum absolute atomic E-state index is 10.5. The molecule has 98 valence electrons. The van der Waals surface area contributed by atoms with Crippen LogP contribution in [0.1, 0.15) is 19.3 Å². The molecule has 2 unspecified atom stereocenters. The number of hydrogen-bond acceptors (Lipinski definition) is 5. The van der Waals surface area contributed by atoms with Crippen molar-refractivity contribution in [2.24, 2.45) is 5.73 Å². The number of thioether (sulfide) groups is 1. The minimum atomic E-state index is -0.969. The number of carboxylic acid groups (broad SMARTS) is 1. The van der Waals surface area contributed by atoms with E-state index in [1.165, 1.54) is 11.8 Å². The number of nitrogens with zero attached hydrogens (tertiary/aromatic N) is 1. The van der Waals surface area contributed by atoms with Crippen LogP contribution in [0, 0.1) is 0 Å². The molecule has 0 bridgehead atoms. The highest BCUT2D eigenvalue weighted by molar-refractivity contribution is 8.22. The predicted molar refractivity (Wildman–Crippen MR) is 72.0 cm³/mol. The molecule has 1 aliphatic heterocycles. The molecule has 0 aliphatic carbocycles. The highest BCUT2D eigenvalue weighted by Crippen LogP contribution is 2.20. The minimum absolute atomic E-state index is 0.0724. The molecule has 0 aromatic carbocycles.